The van der Waals surface area contributed by atoms with Crippen LogP contribution in [-0.4, -0.2) is 14.4 Å². The molecule has 2 aromatic carbocycles. The molecule has 0 atom stereocenters. The van der Waals surface area contributed by atoms with Crippen molar-refractivity contribution in [3.05, 3.63) is 77.2 Å². The van der Waals surface area contributed by atoms with Gasteiger partial charge < -0.3 is 0 Å². The Hall–Kier alpha value is -2.39. The molecule has 3 nitrogen and oxygen atoms in total. The van der Waals surface area contributed by atoms with Crippen LogP contribution in [0.5, 0.6) is 0 Å². The van der Waals surface area contributed by atoms with Gasteiger partial charge in [-0.2, -0.15) is 0 Å². The molecule has 0 bridgehead atoms. The maximum Gasteiger partial charge on any atom is 0.175 e. The van der Waals surface area contributed by atoms with E-state index in [0.717, 1.165) is 35.2 Å². The average molecular weight is 308 g/mol. The monoisotopic (exact) mass is 307 g/mol. The van der Waals surface area contributed by atoms with Crippen molar-refractivity contribution < 1.29 is 0 Å². The molecule has 22 heavy (non-hydrogen) atoms. The van der Waals surface area contributed by atoms with Crippen LogP contribution in [0.4, 0.5) is 0 Å². The smallest absolute Gasteiger partial charge is 0.175 e. The van der Waals surface area contributed by atoms with Gasteiger partial charge in [-0.3, -0.25) is 4.40 Å². The largest absolute Gasteiger partial charge is 0.295 e. The van der Waals surface area contributed by atoms with Crippen LogP contribution in [0.15, 0.2) is 60.8 Å². The molecule has 2 aromatic heterocycles. The highest BCUT2D eigenvalue weighted by molar-refractivity contribution is 6.32. The predicted molar refractivity (Wildman–Crippen MR) is 89.4 cm³/mol. The number of halogens is 1. The molecule has 0 saturated heterocycles. The fourth-order valence-electron chi connectivity index (χ4n) is 2.71. The Morgan fingerprint density at radius 1 is 0.864 bits per heavy atom. The highest BCUT2D eigenvalue weighted by Gasteiger charge is 2.10. The zero-order valence-corrected chi connectivity index (χ0v) is 12.7. The Kier molecular flexibility index (Phi) is 3.28. The second kappa shape index (κ2) is 5.43. The van der Waals surface area contributed by atoms with Gasteiger partial charge >= 0.3 is 0 Å². The van der Waals surface area contributed by atoms with Gasteiger partial charge in [0.25, 0.3) is 0 Å². The maximum absolute atomic E-state index is 6.27. The first-order valence-corrected chi connectivity index (χ1v) is 7.65. The fourth-order valence-corrected chi connectivity index (χ4v) is 2.94. The molecular weight excluding hydrogens is 294 g/mol. The van der Waals surface area contributed by atoms with Gasteiger partial charge in [-0.05, 0) is 30.5 Å². The molecule has 0 spiro atoms. The summed E-state index contributed by atoms with van der Waals surface area (Å²) in [6, 6.07) is 18.4. The van der Waals surface area contributed by atoms with Gasteiger partial charge in [-0.25, -0.2) is 9.97 Å². The molecule has 108 valence electrons. The Labute approximate surface area is 133 Å². The first kappa shape index (κ1) is 13.3. The molecular formula is C18H14ClN3. The molecule has 0 saturated carbocycles. The highest BCUT2D eigenvalue weighted by atomic mass is 35.5. The number of imidazole rings is 1. The van der Waals surface area contributed by atoms with Crippen molar-refractivity contribution in [3.8, 4) is 0 Å². The normalized spacial score (nSPS) is 11.3. The van der Waals surface area contributed by atoms with Crippen molar-refractivity contribution in [2.45, 2.75) is 12.8 Å². The minimum Gasteiger partial charge on any atom is -0.295 e. The second-order valence-corrected chi connectivity index (χ2v) is 5.66. The van der Waals surface area contributed by atoms with Crippen LogP contribution >= 0.6 is 11.6 Å². The van der Waals surface area contributed by atoms with Gasteiger partial charge in [0.05, 0.1) is 16.7 Å². The molecule has 0 fully saturated rings. The van der Waals surface area contributed by atoms with Crippen LogP contribution in [0.1, 0.15) is 11.3 Å². The van der Waals surface area contributed by atoms with E-state index in [4.69, 9.17) is 11.6 Å². The Morgan fingerprint density at radius 3 is 2.50 bits per heavy atom. The third-order valence-corrected chi connectivity index (χ3v) is 4.07. The Morgan fingerprint density at radius 2 is 1.64 bits per heavy atom. The number of hydrogen-bond donors (Lipinski definition) is 0. The van der Waals surface area contributed by atoms with Crippen LogP contribution in [0.25, 0.3) is 16.7 Å². The number of aromatic nitrogens is 3. The maximum atomic E-state index is 6.27. The van der Waals surface area contributed by atoms with Crippen LogP contribution < -0.4 is 0 Å². The van der Waals surface area contributed by atoms with E-state index in [0.29, 0.717) is 5.15 Å². The van der Waals surface area contributed by atoms with Crippen molar-refractivity contribution in [2.75, 3.05) is 0 Å². The lowest BCUT2D eigenvalue weighted by molar-refractivity contribution is 0.928. The Bertz CT molecular complexity index is 945. The van der Waals surface area contributed by atoms with E-state index in [2.05, 4.69) is 40.4 Å². The van der Waals surface area contributed by atoms with Gasteiger partial charge in [-0.1, -0.05) is 54.1 Å². The lowest BCUT2D eigenvalue weighted by atomic mass is 10.1. The molecule has 4 heteroatoms. The lowest BCUT2D eigenvalue weighted by Gasteiger charge is -2.01. The molecule has 0 radical (unpaired) electrons. The van der Waals surface area contributed by atoms with Gasteiger partial charge in [0.2, 0.25) is 0 Å². The quantitative estimate of drug-likeness (QED) is 0.564. The Balaban J connectivity index is 1.74. The summed E-state index contributed by atoms with van der Waals surface area (Å²) in [5, 5.41) is 0.449. The van der Waals surface area contributed by atoms with E-state index in [1.54, 1.807) is 0 Å². The molecule has 0 unspecified atom stereocenters. The van der Waals surface area contributed by atoms with E-state index < -0.39 is 0 Å². The molecule has 4 rings (SSSR count). The summed E-state index contributed by atoms with van der Waals surface area (Å²) in [4.78, 5) is 9.06. The average Bonchev–Trinajstić information content (AvgIpc) is 2.99. The molecule has 0 aliphatic rings. The number of aryl methyl sites for hydroxylation is 2. The van der Waals surface area contributed by atoms with Crippen molar-refractivity contribution in [2.24, 2.45) is 0 Å². The van der Waals surface area contributed by atoms with Crippen molar-refractivity contribution in [1.29, 1.82) is 0 Å². The molecule has 0 N–H and O–H groups in total. The number of para-hydroxylation sites is 2. The first-order chi connectivity index (χ1) is 10.8. The van der Waals surface area contributed by atoms with Crippen LogP contribution in [0.3, 0.4) is 0 Å². The van der Waals surface area contributed by atoms with Crippen LogP contribution in [0, 0.1) is 0 Å². The summed E-state index contributed by atoms with van der Waals surface area (Å²) in [6.45, 7) is 0. The molecule has 0 aliphatic heterocycles. The molecule has 0 amide bonds. The number of benzene rings is 2. The summed E-state index contributed by atoms with van der Waals surface area (Å²) in [6.07, 6.45) is 3.91. The first-order valence-electron chi connectivity index (χ1n) is 7.27. The van der Waals surface area contributed by atoms with Crippen LogP contribution in [-0.2, 0) is 12.8 Å². The van der Waals surface area contributed by atoms with Crippen molar-refractivity contribution >= 4 is 28.3 Å². The van der Waals surface area contributed by atoms with E-state index in [1.165, 1.54) is 5.56 Å². The fraction of sp³-hybridized carbons (Fsp3) is 0.111. The van der Waals surface area contributed by atoms with E-state index in [-0.39, 0.29) is 0 Å². The predicted octanol–water partition coefficient (Wildman–Crippen LogP) is 4.32. The standard InChI is InChI=1S/C18H14ClN3/c19-17-18-20-14(11-10-13-6-2-1-3-7-13)12-22(18)16-9-5-4-8-15(16)21-17/h1-9,12H,10-11H2. The second-order valence-electron chi connectivity index (χ2n) is 5.30. The minimum absolute atomic E-state index is 0.449. The lowest BCUT2D eigenvalue weighted by Crippen LogP contribution is -1.91. The molecule has 2 heterocycles. The summed E-state index contributed by atoms with van der Waals surface area (Å²) in [7, 11) is 0. The van der Waals surface area contributed by atoms with Crippen LogP contribution in [0.2, 0.25) is 5.15 Å². The van der Waals surface area contributed by atoms with E-state index >= 15 is 0 Å². The van der Waals surface area contributed by atoms with E-state index in [9.17, 15) is 0 Å². The highest BCUT2D eigenvalue weighted by Crippen LogP contribution is 2.22. The van der Waals surface area contributed by atoms with Gasteiger partial charge in [0, 0.05) is 6.20 Å². The van der Waals surface area contributed by atoms with E-state index in [1.807, 2.05) is 34.7 Å². The summed E-state index contributed by atoms with van der Waals surface area (Å²) in [5.41, 5.74) is 4.98. The molecule has 4 aromatic rings. The third kappa shape index (κ3) is 2.34. The summed E-state index contributed by atoms with van der Waals surface area (Å²) >= 11 is 6.27. The van der Waals surface area contributed by atoms with Gasteiger partial charge in [0.1, 0.15) is 0 Å². The van der Waals surface area contributed by atoms with Gasteiger partial charge in [0.15, 0.2) is 10.8 Å². The summed E-state index contributed by atoms with van der Waals surface area (Å²) < 4.78 is 2.03. The minimum atomic E-state index is 0.449. The number of rotatable bonds is 3. The SMILES string of the molecule is Clc1nc2ccccc2n2cc(CCc3ccccc3)nc12. The number of nitrogens with zero attached hydrogens (tertiary/aromatic N) is 3. The number of hydrogen-bond acceptors (Lipinski definition) is 2. The summed E-state index contributed by atoms with van der Waals surface area (Å²) in [5.74, 6) is 0. The number of fused-ring (bicyclic) bond motifs is 3. The van der Waals surface area contributed by atoms with Crippen molar-refractivity contribution in [1.82, 2.24) is 14.4 Å². The topological polar surface area (TPSA) is 30.2 Å². The zero-order valence-electron chi connectivity index (χ0n) is 11.9. The molecule has 0 aliphatic carbocycles. The van der Waals surface area contributed by atoms with Gasteiger partial charge in [-0.15, -0.1) is 0 Å². The van der Waals surface area contributed by atoms with Crippen molar-refractivity contribution in [3.63, 3.8) is 0 Å². The zero-order chi connectivity index (χ0) is 14.9. The third-order valence-electron chi connectivity index (χ3n) is 3.81.